The van der Waals surface area contributed by atoms with Crippen molar-refractivity contribution in [2.75, 3.05) is 18.5 Å². The van der Waals surface area contributed by atoms with Gasteiger partial charge in [-0.15, -0.1) is 0 Å². The van der Waals surface area contributed by atoms with Gasteiger partial charge < -0.3 is 10.0 Å². The molecule has 128 valence electrons. The van der Waals surface area contributed by atoms with Gasteiger partial charge in [0.05, 0.1) is 18.3 Å². The molecule has 2 aromatic rings. The zero-order valence-corrected chi connectivity index (χ0v) is 12.8. The number of aliphatic hydroxyl groups is 1. The van der Waals surface area contributed by atoms with Crippen molar-refractivity contribution in [3.63, 3.8) is 0 Å². The summed E-state index contributed by atoms with van der Waals surface area (Å²) in [4.78, 5) is 18.0. The molecule has 1 saturated heterocycles. The van der Waals surface area contributed by atoms with Crippen LogP contribution in [0.15, 0.2) is 24.7 Å². The highest BCUT2D eigenvalue weighted by atomic mass is 19.4. The van der Waals surface area contributed by atoms with E-state index in [4.69, 9.17) is 0 Å². The fourth-order valence-corrected chi connectivity index (χ4v) is 2.57. The minimum absolute atomic E-state index is 0.00772. The standard InChI is InChI=1S/C14H14F3N5O2/c1-20-7-12(23)22(13(20)24)11-3-10(14(15,16)17)9(5-18-11)8-4-19-21(2)6-8/h3-6,12,23H,7H2,1-2H3. The Balaban J connectivity index is 2.11. The number of aryl methyl sites for hydroxylation is 1. The van der Waals surface area contributed by atoms with Crippen molar-refractivity contribution < 1.29 is 23.1 Å². The van der Waals surface area contributed by atoms with E-state index in [2.05, 4.69) is 10.1 Å². The summed E-state index contributed by atoms with van der Waals surface area (Å²) in [7, 11) is 3.04. The van der Waals surface area contributed by atoms with Crippen molar-refractivity contribution >= 4 is 11.8 Å². The normalized spacial score (nSPS) is 18.6. The van der Waals surface area contributed by atoms with Crippen LogP contribution in [0.1, 0.15) is 5.56 Å². The maximum absolute atomic E-state index is 13.4. The third-order valence-electron chi connectivity index (χ3n) is 3.73. The van der Waals surface area contributed by atoms with Crippen LogP contribution >= 0.6 is 0 Å². The van der Waals surface area contributed by atoms with Gasteiger partial charge in [-0.3, -0.25) is 4.68 Å². The molecule has 7 nitrogen and oxygen atoms in total. The Hall–Kier alpha value is -2.62. The van der Waals surface area contributed by atoms with Crippen LogP contribution < -0.4 is 4.90 Å². The molecule has 3 rings (SSSR count). The molecule has 1 aliphatic heterocycles. The number of halogens is 3. The van der Waals surface area contributed by atoms with Gasteiger partial charge in [-0.05, 0) is 6.07 Å². The van der Waals surface area contributed by atoms with Gasteiger partial charge in [0.1, 0.15) is 5.82 Å². The highest BCUT2D eigenvalue weighted by Gasteiger charge is 2.39. The van der Waals surface area contributed by atoms with E-state index < -0.39 is 24.0 Å². The van der Waals surface area contributed by atoms with Crippen molar-refractivity contribution in [3.05, 3.63) is 30.2 Å². The molecule has 3 heterocycles. The SMILES string of the molecule is CN1CC(O)N(c2cc(C(F)(F)F)c(-c3cnn(C)c3)cn2)C1=O. The summed E-state index contributed by atoms with van der Waals surface area (Å²) in [6, 6.07) is 0.153. The lowest BCUT2D eigenvalue weighted by atomic mass is 10.0. The number of carbonyl (C=O) groups excluding carboxylic acids is 1. The molecule has 2 aromatic heterocycles. The number of rotatable bonds is 2. The molecule has 1 N–H and O–H groups in total. The lowest BCUT2D eigenvalue weighted by Gasteiger charge is -2.20. The van der Waals surface area contributed by atoms with Gasteiger partial charge >= 0.3 is 12.2 Å². The van der Waals surface area contributed by atoms with Crippen LogP contribution in [-0.2, 0) is 13.2 Å². The molecule has 1 aliphatic rings. The number of hydrogen-bond acceptors (Lipinski definition) is 4. The monoisotopic (exact) mass is 341 g/mol. The number of aromatic nitrogens is 3. The Morgan fingerprint density at radius 2 is 2.00 bits per heavy atom. The van der Waals surface area contributed by atoms with Gasteiger partial charge in [0.15, 0.2) is 6.23 Å². The third kappa shape index (κ3) is 2.68. The van der Waals surface area contributed by atoms with Gasteiger partial charge in [0.25, 0.3) is 0 Å². The lowest BCUT2D eigenvalue weighted by Crippen LogP contribution is -2.35. The van der Waals surface area contributed by atoms with Crippen LogP contribution in [0.3, 0.4) is 0 Å². The highest BCUT2D eigenvalue weighted by Crippen LogP contribution is 2.38. The first-order valence-electron chi connectivity index (χ1n) is 6.97. The number of amides is 2. The van der Waals surface area contributed by atoms with E-state index in [1.165, 1.54) is 29.0 Å². The second kappa shape index (κ2) is 5.48. The summed E-state index contributed by atoms with van der Waals surface area (Å²) in [5.74, 6) is -0.253. The number of anilines is 1. The molecule has 0 bridgehead atoms. The maximum atomic E-state index is 13.4. The first kappa shape index (κ1) is 16.2. The van der Waals surface area contributed by atoms with E-state index in [9.17, 15) is 23.1 Å². The van der Waals surface area contributed by atoms with Crippen molar-refractivity contribution in [1.82, 2.24) is 19.7 Å². The van der Waals surface area contributed by atoms with Gasteiger partial charge in [-0.1, -0.05) is 0 Å². The van der Waals surface area contributed by atoms with E-state index in [0.29, 0.717) is 0 Å². The zero-order valence-electron chi connectivity index (χ0n) is 12.8. The van der Waals surface area contributed by atoms with Crippen LogP contribution in [0.2, 0.25) is 0 Å². The topological polar surface area (TPSA) is 74.5 Å². The Morgan fingerprint density at radius 1 is 1.29 bits per heavy atom. The fraction of sp³-hybridized carbons (Fsp3) is 0.357. The van der Waals surface area contributed by atoms with Crippen LogP contribution in [0.4, 0.5) is 23.8 Å². The number of alkyl halides is 3. The minimum atomic E-state index is -4.65. The fourth-order valence-electron chi connectivity index (χ4n) is 2.57. The van der Waals surface area contributed by atoms with E-state index in [1.54, 1.807) is 7.05 Å². The van der Waals surface area contributed by atoms with Crippen molar-refractivity contribution in [1.29, 1.82) is 0 Å². The number of nitrogens with zero attached hydrogens (tertiary/aromatic N) is 5. The Labute approximate surface area is 134 Å². The lowest BCUT2D eigenvalue weighted by molar-refractivity contribution is -0.137. The molecule has 24 heavy (non-hydrogen) atoms. The Kier molecular flexibility index (Phi) is 3.71. The van der Waals surface area contributed by atoms with Crippen LogP contribution in [0.5, 0.6) is 0 Å². The van der Waals surface area contributed by atoms with E-state index in [0.717, 1.165) is 17.2 Å². The smallest absolute Gasteiger partial charge is 0.371 e. The molecule has 10 heteroatoms. The van der Waals surface area contributed by atoms with Gasteiger partial charge in [-0.2, -0.15) is 18.3 Å². The first-order chi connectivity index (χ1) is 11.2. The zero-order chi connectivity index (χ0) is 17.6. The molecular formula is C14H14F3N5O2. The molecular weight excluding hydrogens is 327 g/mol. The summed E-state index contributed by atoms with van der Waals surface area (Å²) in [5.41, 5.74) is -0.835. The van der Waals surface area contributed by atoms with Crippen molar-refractivity contribution in [3.8, 4) is 11.1 Å². The second-order valence-electron chi connectivity index (χ2n) is 5.50. The summed E-state index contributed by atoms with van der Waals surface area (Å²) in [6.45, 7) is -0.00772. The number of pyridine rings is 1. The highest BCUT2D eigenvalue weighted by molar-refractivity contribution is 5.93. The molecule has 0 saturated carbocycles. The summed E-state index contributed by atoms with van der Waals surface area (Å²) in [5, 5.41) is 13.8. The molecule has 0 aromatic carbocycles. The van der Waals surface area contributed by atoms with Gasteiger partial charge in [0, 0.05) is 37.6 Å². The van der Waals surface area contributed by atoms with Gasteiger partial charge in [-0.25, -0.2) is 14.7 Å². The van der Waals surface area contributed by atoms with Crippen molar-refractivity contribution in [2.24, 2.45) is 7.05 Å². The van der Waals surface area contributed by atoms with Crippen LogP contribution in [0.25, 0.3) is 11.1 Å². The largest absolute Gasteiger partial charge is 0.417 e. The van der Waals surface area contributed by atoms with E-state index >= 15 is 0 Å². The minimum Gasteiger partial charge on any atom is -0.371 e. The summed E-state index contributed by atoms with van der Waals surface area (Å²) >= 11 is 0. The summed E-state index contributed by atoms with van der Waals surface area (Å²) in [6.07, 6.45) is -2.12. The quantitative estimate of drug-likeness (QED) is 0.902. The molecule has 0 radical (unpaired) electrons. The first-order valence-corrected chi connectivity index (χ1v) is 6.97. The Bertz CT molecular complexity index is 789. The molecule has 2 amide bonds. The number of hydrogen-bond donors (Lipinski definition) is 1. The molecule has 1 atom stereocenters. The number of urea groups is 1. The maximum Gasteiger partial charge on any atom is 0.417 e. The van der Waals surface area contributed by atoms with E-state index in [1.807, 2.05) is 0 Å². The molecule has 0 spiro atoms. The van der Waals surface area contributed by atoms with Crippen LogP contribution in [0, 0.1) is 0 Å². The molecule has 0 aliphatic carbocycles. The predicted molar refractivity (Wildman–Crippen MR) is 78.0 cm³/mol. The third-order valence-corrected chi connectivity index (χ3v) is 3.73. The average Bonchev–Trinajstić information content (AvgIpc) is 3.02. The van der Waals surface area contributed by atoms with Crippen LogP contribution in [-0.4, -0.2) is 50.6 Å². The van der Waals surface area contributed by atoms with Crippen molar-refractivity contribution in [2.45, 2.75) is 12.4 Å². The number of likely N-dealkylation sites (N-methyl/N-ethyl adjacent to an activating group) is 1. The van der Waals surface area contributed by atoms with E-state index in [-0.39, 0.29) is 23.5 Å². The van der Waals surface area contributed by atoms with Gasteiger partial charge in [0.2, 0.25) is 0 Å². The molecule has 1 unspecified atom stereocenters. The molecule has 1 fully saturated rings. The predicted octanol–water partition coefficient (Wildman–Crippen LogP) is 1.69. The number of aliphatic hydroxyl groups excluding tert-OH is 1. The second-order valence-corrected chi connectivity index (χ2v) is 5.50. The summed E-state index contributed by atoms with van der Waals surface area (Å²) < 4.78 is 41.7. The number of β-amino-alcohol motifs (C(OH)–C–C–N with tert-alkyl or cyclic N) is 1. The Morgan fingerprint density at radius 3 is 2.50 bits per heavy atom. The average molecular weight is 341 g/mol. The number of carbonyl (C=O) groups is 1.